The number of nitrogens with zero attached hydrogens (tertiary/aromatic N) is 4. The number of benzene rings is 2. The van der Waals surface area contributed by atoms with Crippen molar-refractivity contribution < 1.29 is 14.3 Å². The number of aryl methyl sites for hydroxylation is 1. The monoisotopic (exact) mass is 540 g/mol. The van der Waals surface area contributed by atoms with Crippen molar-refractivity contribution in [2.75, 3.05) is 44.8 Å². The Morgan fingerprint density at radius 1 is 1.12 bits per heavy atom. The second kappa shape index (κ2) is 11.8. The van der Waals surface area contributed by atoms with Gasteiger partial charge in [-0.1, -0.05) is 36.4 Å². The fraction of sp³-hybridized carbons (Fsp3) is 0.387. The van der Waals surface area contributed by atoms with Crippen LogP contribution in [0.5, 0.6) is 0 Å². The summed E-state index contributed by atoms with van der Waals surface area (Å²) in [6.45, 7) is 7.62. The van der Waals surface area contributed by atoms with E-state index in [-0.39, 0.29) is 6.10 Å². The minimum Gasteiger partial charge on any atom is -0.379 e. The van der Waals surface area contributed by atoms with Crippen LogP contribution in [0.4, 0.5) is 5.82 Å². The summed E-state index contributed by atoms with van der Waals surface area (Å²) in [4.78, 5) is 24.7. The van der Waals surface area contributed by atoms with Crippen molar-refractivity contribution in [3.8, 4) is 5.95 Å². The fourth-order valence-electron chi connectivity index (χ4n) is 5.79. The van der Waals surface area contributed by atoms with Crippen LogP contribution in [0.3, 0.4) is 0 Å². The third-order valence-electron chi connectivity index (χ3n) is 7.85. The van der Waals surface area contributed by atoms with Crippen LogP contribution in [0.15, 0.2) is 54.6 Å². The Balaban J connectivity index is 1.37. The average Bonchev–Trinajstić information content (AvgIpc) is 3.32. The second-order valence-corrected chi connectivity index (χ2v) is 10.5. The first kappa shape index (κ1) is 26.4. The summed E-state index contributed by atoms with van der Waals surface area (Å²) in [5, 5.41) is 4.40. The lowest BCUT2D eigenvalue weighted by Gasteiger charge is -2.29. The molecule has 9 nitrogen and oxygen atoms in total. The van der Waals surface area contributed by atoms with E-state index in [1.807, 2.05) is 47.9 Å². The quantitative estimate of drug-likeness (QED) is 0.328. The lowest BCUT2D eigenvalue weighted by atomic mass is 9.93. The van der Waals surface area contributed by atoms with E-state index in [4.69, 9.17) is 25.2 Å². The number of anilines is 1. The average molecular weight is 541 g/mol. The van der Waals surface area contributed by atoms with Crippen molar-refractivity contribution in [2.45, 2.75) is 38.8 Å². The Labute approximate surface area is 234 Å². The van der Waals surface area contributed by atoms with E-state index < -0.39 is 5.91 Å². The van der Waals surface area contributed by atoms with Gasteiger partial charge < -0.3 is 20.5 Å². The van der Waals surface area contributed by atoms with Gasteiger partial charge in [-0.05, 0) is 49.9 Å². The molecule has 1 unspecified atom stereocenters. The molecule has 0 radical (unpaired) electrons. The number of amides is 1. The molecule has 0 spiro atoms. The molecule has 2 aromatic heterocycles. The van der Waals surface area contributed by atoms with Crippen LogP contribution < -0.4 is 11.1 Å². The molecule has 40 heavy (non-hydrogen) atoms. The highest BCUT2D eigenvalue weighted by atomic mass is 16.5. The maximum absolute atomic E-state index is 12.1. The molecule has 3 N–H and O–H groups in total. The van der Waals surface area contributed by atoms with Crippen molar-refractivity contribution in [1.82, 2.24) is 19.4 Å². The van der Waals surface area contributed by atoms with Gasteiger partial charge in [0, 0.05) is 48.4 Å². The first-order chi connectivity index (χ1) is 19.6. The van der Waals surface area contributed by atoms with Gasteiger partial charge in [-0.2, -0.15) is 4.98 Å². The lowest BCUT2D eigenvalue weighted by Crippen LogP contribution is -2.38. The molecule has 6 rings (SSSR count). The van der Waals surface area contributed by atoms with Gasteiger partial charge in [0.2, 0.25) is 11.9 Å². The second-order valence-electron chi connectivity index (χ2n) is 10.5. The number of morpholine rings is 1. The van der Waals surface area contributed by atoms with Gasteiger partial charge in [0.1, 0.15) is 11.9 Å². The number of carbonyl (C=O) groups excluding carboxylic acids is 1. The number of ether oxygens (including phenoxy) is 2. The largest absolute Gasteiger partial charge is 0.379 e. The first-order valence-electron chi connectivity index (χ1n) is 14.1. The minimum atomic E-state index is -0.451. The van der Waals surface area contributed by atoms with Crippen molar-refractivity contribution in [3.63, 3.8) is 0 Å². The van der Waals surface area contributed by atoms with Crippen molar-refractivity contribution in [2.24, 2.45) is 5.73 Å². The molecule has 208 valence electrons. The Morgan fingerprint density at radius 3 is 2.75 bits per heavy atom. The highest BCUT2D eigenvalue weighted by Crippen LogP contribution is 2.36. The number of primary amides is 1. The summed E-state index contributed by atoms with van der Waals surface area (Å²) in [5.74, 6) is 0.942. The number of hydrogen-bond donors (Lipinski definition) is 2. The fourth-order valence-corrected chi connectivity index (χ4v) is 5.79. The van der Waals surface area contributed by atoms with E-state index in [2.05, 4.69) is 22.3 Å². The highest BCUT2D eigenvalue weighted by Gasteiger charge is 2.28. The number of rotatable bonds is 9. The summed E-state index contributed by atoms with van der Waals surface area (Å²) in [6.07, 6.45) is 2.73. The number of aromatic nitrogens is 3. The molecule has 1 saturated heterocycles. The zero-order valence-electron chi connectivity index (χ0n) is 22.9. The Bertz CT molecular complexity index is 1500. The molecular formula is C31H36N6O3. The number of nitrogens with two attached hydrogens (primary N) is 1. The first-order valence-corrected chi connectivity index (χ1v) is 14.1. The predicted octanol–water partition coefficient (Wildman–Crippen LogP) is 4.17. The van der Waals surface area contributed by atoms with Gasteiger partial charge in [-0.15, -0.1) is 0 Å². The summed E-state index contributed by atoms with van der Waals surface area (Å²) >= 11 is 0. The third kappa shape index (κ3) is 5.45. The van der Waals surface area contributed by atoms with E-state index in [0.717, 1.165) is 85.8 Å². The van der Waals surface area contributed by atoms with Crippen LogP contribution in [0, 0.1) is 6.92 Å². The smallest absolute Gasteiger partial charge is 0.249 e. The summed E-state index contributed by atoms with van der Waals surface area (Å²) < 4.78 is 14.0. The van der Waals surface area contributed by atoms with Crippen LogP contribution >= 0.6 is 0 Å². The van der Waals surface area contributed by atoms with E-state index in [0.29, 0.717) is 24.7 Å². The van der Waals surface area contributed by atoms with E-state index >= 15 is 0 Å². The lowest BCUT2D eigenvalue weighted by molar-refractivity contribution is -0.00486. The maximum Gasteiger partial charge on any atom is 0.249 e. The molecule has 1 aliphatic heterocycles. The SMILES string of the molecule is Cc1cc2c(C(N)=O)cccc2n1-c1nc(NCc2ccccc2)c2c(n1)C(OCCN1CCOCC1)CCC2. The van der Waals surface area contributed by atoms with Crippen LogP contribution in [-0.4, -0.2) is 64.8 Å². The van der Waals surface area contributed by atoms with Gasteiger partial charge in [0.25, 0.3) is 0 Å². The van der Waals surface area contributed by atoms with Crippen molar-refractivity contribution >= 4 is 22.6 Å². The third-order valence-corrected chi connectivity index (χ3v) is 7.85. The molecule has 0 saturated carbocycles. The Kier molecular flexibility index (Phi) is 7.77. The molecule has 3 heterocycles. The van der Waals surface area contributed by atoms with Gasteiger partial charge in [-0.3, -0.25) is 14.3 Å². The van der Waals surface area contributed by atoms with Gasteiger partial charge in [0.05, 0.1) is 31.0 Å². The molecule has 1 atom stereocenters. The summed E-state index contributed by atoms with van der Waals surface area (Å²) in [7, 11) is 0. The standard InChI is InChI=1S/C31H36N6O3/c1-21-19-25-23(29(32)38)9-5-11-26(25)37(21)31-34-28-24(30(35-31)33-20-22-7-3-2-4-8-22)10-6-12-27(28)40-18-15-36-13-16-39-17-14-36/h2-5,7-9,11,19,27H,6,10,12-18,20H2,1H3,(H2,32,38)(H,33,34,35). The Morgan fingerprint density at radius 2 is 1.95 bits per heavy atom. The molecule has 2 aliphatic rings. The summed E-state index contributed by atoms with van der Waals surface area (Å²) in [6, 6.07) is 17.9. The number of hydrogen-bond acceptors (Lipinski definition) is 7. The molecule has 4 aromatic rings. The molecule has 0 bridgehead atoms. The van der Waals surface area contributed by atoms with Crippen LogP contribution in [0.1, 0.15) is 51.8 Å². The zero-order chi connectivity index (χ0) is 27.5. The molecule has 1 aliphatic carbocycles. The minimum absolute atomic E-state index is 0.105. The van der Waals surface area contributed by atoms with Gasteiger partial charge >= 0.3 is 0 Å². The van der Waals surface area contributed by atoms with Gasteiger partial charge in [0.15, 0.2) is 0 Å². The zero-order valence-corrected chi connectivity index (χ0v) is 22.9. The number of fused-ring (bicyclic) bond motifs is 2. The van der Waals surface area contributed by atoms with Crippen LogP contribution in [0.2, 0.25) is 0 Å². The topological polar surface area (TPSA) is 108 Å². The predicted molar refractivity (Wildman–Crippen MR) is 155 cm³/mol. The van der Waals surface area contributed by atoms with Gasteiger partial charge in [-0.25, -0.2) is 4.98 Å². The van der Waals surface area contributed by atoms with Crippen molar-refractivity contribution in [1.29, 1.82) is 0 Å². The Hall–Kier alpha value is -3.79. The molecule has 1 amide bonds. The maximum atomic E-state index is 12.1. The number of carbonyl (C=O) groups is 1. The van der Waals surface area contributed by atoms with Crippen LogP contribution in [0.25, 0.3) is 16.9 Å². The highest BCUT2D eigenvalue weighted by molar-refractivity contribution is 6.06. The summed E-state index contributed by atoms with van der Waals surface area (Å²) in [5.41, 5.74) is 11.2. The van der Waals surface area contributed by atoms with Crippen LogP contribution in [-0.2, 0) is 22.4 Å². The molecule has 2 aromatic carbocycles. The normalized spacial score (nSPS) is 17.6. The molecule has 1 fully saturated rings. The molecule has 9 heteroatoms. The van der Waals surface area contributed by atoms with E-state index in [9.17, 15) is 4.79 Å². The number of nitrogens with one attached hydrogen (secondary N) is 1. The van der Waals surface area contributed by atoms with E-state index in [1.54, 1.807) is 6.07 Å². The molecular weight excluding hydrogens is 504 g/mol. The van der Waals surface area contributed by atoms with Crippen molar-refractivity contribution in [3.05, 3.63) is 82.7 Å². The van der Waals surface area contributed by atoms with E-state index in [1.165, 1.54) is 5.56 Å².